The molecule has 12 nitrogen and oxygen atoms in total. The zero-order valence-corrected chi connectivity index (χ0v) is 20.1. The van der Waals surface area contributed by atoms with Crippen LogP contribution in [0, 0.1) is 10.1 Å². The van der Waals surface area contributed by atoms with Crippen molar-refractivity contribution in [3.05, 3.63) is 39.9 Å². The number of halogens is 1. The number of carbonyl (C=O) groups excluding carboxylic acids is 1. The van der Waals surface area contributed by atoms with Gasteiger partial charge in [0.2, 0.25) is 0 Å². The fourth-order valence-electron chi connectivity index (χ4n) is 3.28. The number of amides is 1. The van der Waals surface area contributed by atoms with E-state index in [9.17, 15) is 20.0 Å². The number of aromatic nitrogens is 3. The zero-order valence-electron chi connectivity index (χ0n) is 19.4. The van der Waals surface area contributed by atoms with Gasteiger partial charge in [-0.15, -0.1) is 0 Å². The molecule has 0 aliphatic carbocycles. The number of pyridine rings is 1. The van der Waals surface area contributed by atoms with Crippen molar-refractivity contribution in [3.8, 4) is 5.75 Å². The van der Waals surface area contributed by atoms with Gasteiger partial charge >= 0.3 is 17.2 Å². The van der Waals surface area contributed by atoms with Crippen molar-refractivity contribution in [1.29, 1.82) is 0 Å². The Bertz CT molecular complexity index is 985. The molecule has 1 fully saturated rings. The van der Waals surface area contributed by atoms with Crippen LogP contribution in [-0.2, 0) is 11.3 Å². The standard InChI is InChI=1S/C21H29ClN6O6/c1-21(2,3)34-20(30)26-10-8-25(9-11-26)17-5-4-16(12-23-17)33-14-15(29)6-7-27-13-18(28(31)32)24-19(27)22/h4-5,12-13,15,29H,6-11,14H2,1-3H3/t15-/m0/s1. The predicted octanol–water partition coefficient (Wildman–Crippen LogP) is 2.73. The van der Waals surface area contributed by atoms with Crippen LogP contribution in [0.25, 0.3) is 0 Å². The summed E-state index contributed by atoms with van der Waals surface area (Å²) >= 11 is 5.87. The first-order chi connectivity index (χ1) is 16.0. The normalized spacial score (nSPS) is 15.2. The molecule has 0 radical (unpaired) electrons. The van der Waals surface area contributed by atoms with Gasteiger partial charge in [0.25, 0.3) is 0 Å². The number of hydrogen-bond acceptors (Lipinski definition) is 9. The summed E-state index contributed by atoms with van der Waals surface area (Å²) in [6.45, 7) is 8.20. The average molecular weight is 497 g/mol. The molecule has 2 aromatic heterocycles. The Hall–Kier alpha value is -3.12. The third-order valence-electron chi connectivity index (χ3n) is 5.02. The molecule has 34 heavy (non-hydrogen) atoms. The molecule has 1 atom stereocenters. The minimum Gasteiger partial charge on any atom is -0.489 e. The predicted molar refractivity (Wildman–Crippen MR) is 124 cm³/mol. The van der Waals surface area contributed by atoms with Gasteiger partial charge in [-0.05, 0) is 60.8 Å². The largest absolute Gasteiger partial charge is 0.489 e. The first-order valence-corrected chi connectivity index (χ1v) is 11.3. The maximum absolute atomic E-state index is 12.2. The number of rotatable bonds is 8. The summed E-state index contributed by atoms with van der Waals surface area (Å²) in [6, 6.07) is 3.60. The summed E-state index contributed by atoms with van der Waals surface area (Å²) in [7, 11) is 0. The fraction of sp³-hybridized carbons (Fsp3) is 0.571. The number of hydrogen-bond donors (Lipinski definition) is 1. The number of piperazine rings is 1. The topological polar surface area (TPSA) is 136 Å². The molecule has 1 aliphatic heterocycles. The molecule has 2 aromatic rings. The Morgan fingerprint density at radius 3 is 2.56 bits per heavy atom. The average Bonchev–Trinajstić information content (AvgIpc) is 3.16. The van der Waals surface area contributed by atoms with Crippen LogP contribution in [0.2, 0.25) is 5.28 Å². The lowest BCUT2D eigenvalue weighted by Gasteiger charge is -2.36. The lowest BCUT2D eigenvalue weighted by Crippen LogP contribution is -2.50. The minimum atomic E-state index is -0.807. The van der Waals surface area contributed by atoms with Crippen LogP contribution in [-0.4, -0.2) is 80.0 Å². The fourth-order valence-corrected chi connectivity index (χ4v) is 3.50. The van der Waals surface area contributed by atoms with Gasteiger partial charge in [0.05, 0.1) is 12.3 Å². The van der Waals surface area contributed by atoms with Gasteiger partial charge < -0.3 is 34.5 Å². The lowest BCUT2D eigenvalue weighted by atomic mass is 10.2. The number of ether oxygens (including phenoxy) is 2. The summed E-state index contributed by atoms with van der Waals surface area (Å²) in [5, 5.41) is 20.9. The van der Waals surface area contributed by atoms with E-state index in [2.05, 4.69) is 14.9 Å². The first kappa shape index (κ1) is 25.5. The van der Waals surface area contributed by atoms with Crippen LogP contribution >= 0.6 is 11.6 Å². The van der Waals surface area contributed by atoms with Crippen molar-refractivity contribution in [3.63, 3.8) is 0 Å². The van der Waals surface area contributed by atoms with E-state index in [1.165, 1.54) is 10.8 Å². The highest BCUT2D eigenvalue weighted by Crippen LogP contribution is 2.20. The van der Waals surface area contributed by atoms with Crippen LogP contribution in [0.4, 0.5) is 16.4 Å². The van der Waals surface area contributed by atoms with Gasteiger partial charge in [0, 0.05) is 32.7 Å². The number of nitro groups is 1. The van der Waals surface area contributed by atoms with E-state index in [-0.39, 0.29) is 36.8 Å². The smallest absolute Gasteiger partial charge is 0.410 e. The van der Waals surface area contributed by atoms with E-state index in [0.29, 0.717) is 31.9 Å². The molecule has 1 saturated heterocycles. The van der Waals surface area contributed by atoms with E-state index in [0.717, 1.165) is 5.82 Å². The van der Waals surface area contributed by atoms with Crippen LogP contribution < -0.4 is 9.64 Å². The molecule has 1 aliphatic rings. The summed E-state index contributed by atoms with van der Waals surface area (Å²) in [4.78, 5) is 34.1. The summed E-state index contributed by atoms with van der Waals surface area (Å²) in [5.41, 5.74) is -0.521. The number of carbonyl (C=O) groups is 1. The third-order valence-corrected chi connectivity index (χ3v) is 5.33. The highest BCUT2D eigenvalue weighted by atomic mass is 35.5. The maximum atomic E-state index is 12.2. The highest BCUT2D eigenvalue weighted by molar-refractivity contribution is 6.28. The molecule has 3 rings (SSSR count). The van der Waals surface area contributed by atoms with Crippen LogP contribution in [0.3, 0.4) is 0 Å². The summed E-state index contributed by atoms with van der Waals surface area (Å²) in [6.07, 6.45) is 1.97. The number of aryl methyl sites for hydroxylation is 1. The number of aliphatic hydroxyl groups is 1. The van der Waals surface area contributed by atoms with Crippen LogP contribution in [0.5, 0.6) is 5.75 Å². The van der Waals surface area contributed by atoms with Crippen molar-refractivity contribution < 1.29 is 24.3 Å². The van der Waals surface area contributed by atoms with Crippen LogP contribution in [0.1, 0.15) is 27.2 Å². The molecule has 0 spiro atoms. The molecule has 0 saturated carbocycles. The molecular formula is C21H29ClN6O6. The van der Waals surface area contributed by atoms with Crippen molar-refractivity contribution in [2.45, 2.75) is 45.4 Å². The lowest BCUT2D eigenvalue weighted by molar-refractivity contribution is -0.389. The molecule has 0 unspecified atom stereocenters. The highest BCUT2D eigenvalue weighted by Gasteiger charge is 2.26. The monoisotopic (exact) mass is 496 g/mol. The van der Waals surface area contributed by atoms with Gasteiger partial charge in [0.15, 0.2) is 0 Å². The maximum Gasteiger partial charge on any atom is 0.410 e. The Labute approximate surface area is 202 Å². The molecule has 1 amide bonds. The second-order valence-electron chi connectivity index (χ2n) is 8.88. The number of aliphatic hydroxyl groups excluding tert-OH is 1. The van der Waals surface area contributed by atoms with Gasteiger partial charge in [-0.25, -0.2) is 9.78 Å². The molecule has 0 aromatic carbocycles. The quantitative estimate of drug-likeness (QED) is 0.432. The molecule has 13 heteroatoms. The van der Waals surface area contributed by atoms with E-state index < -0.39 is 16.6 Å². The first-order valence-electron chi connectivity index (χ1n) is 10.9. The molecule has 3 heterocycles. The van der Waals surface area contributed by atoms with E-state index in [1.807, 2.05) is 26.8 Å². The second-order valence-corrected chi connectivity index (χ2v) is 9.22. The van der Waals surface area contributed by atoms with Crippen LogP contribution in [0.15, 0.2) is 24.5 Å². The van der Waals surface area contributed by atoms with Gasteiger partial charge in [-0.3, -0.25) is 4.57 Å². The minimum absolute atomic E-state index is 0.00784. The van der Waals surface area contributed by atoms with Gasteiger partial charge in [-0.1, -0.05) is 0 Å². The SMILES string of the molecule is CC(C)(C)OC(=O)N1CCN(c2ccc(OC[C@@H](O)CCn3cc([N+](=O)[O-])nc3Cl)cn2)CC1. The molecule has 1 N–H and O–H groups in total. The van der Waals surface area contributed by atoms with Gasteiger partial charge in [0.1, 0.15) is 30.0 Å². The molecule has 186 valence electrons. The van der Waals surface area contributed by atoms with Crippen molar-refractivity contribution in [1.82, 2.24) is 19.4 Å². The molecule has 0 bridgehead atoms. The Morgan fingerprint density at radius 1 is 1.29 bits per heavy atom. The van der Waals surface area contributed by atoms with Crippen molar-refractivity contribution in [2.24, 2.45) is 0 Å². The number of anilines is 1. The second kappa shape index (κ2) is 10.9. The number of nitrogens with zero attached hydrogens (tertiary/aromatic N) is 6. The van der Waals surface area contributed by atoms with Gasteiger partial charge in [-0.2, -0.15) is 0 Å². The zero-order chi connectivity index (χ0) is 24.9. The van der Waals surface area contributed by atoms with E-state index in [4.69, 9.17) is 21.1 Å². The van der Waals surface area contributed by atoms with Crippen molar-refractivity contribution in [2.75, 3.05) is 37.7 Å². The Morgan fingerprint density at radius 2 is 2.00 bits per heavy atom. The molecular weight excluding hydrogens is 468 g/mol. The summed E-state index contributed by atoms with van der Waals surface area (Å²) < 4.78 is 12.4. The Kier molecular flexibility index (Phi) is 8.15. The number of imidazole rings is 1. The Balaban J connectivity index is 1.42. The van der Waals surface area contributed by atoms with E-state index in [1.54, 1.807) is 17.2 Å². The summed E-state index contributed by atoms with van der Waals surface area (Å²) in [5.74, 6) is 0.938. The van der Waals surface area contributed by atoms with Crippen molar-refractivity contribution >= 4 is 29.3 Å². The van der Waals surface area contributed by atoms with E-state index >= 15 is 0 Å². The third kappa shape index (κ3) is 7.19.